The smallest absolute Gasteiger partial charge is 0.372 e. The number of rotatable bonds is 19. The number of nitrogens with zero attached hydrogens (tertiary/aromatic N) is 7. The molecule has 0 saturated carbocycles. The summed E-state index contributed by atoms with van der Waals surface area (Å²) in [6.07, 6.45) is 6.32. The predicted octanol–water partition coefficient (Wildman–Crippen LogP) is 3.10. The highest BCUT2D eigenvalue weighted by atomic mass is 16.2. The van der Waals surface area contributed by atoms with E-state index in [1.807, 2.05) is 47.8 Å². The van der Waals surface area contributed by atoms with Crippen LogP contribution in [-0.4, -0.2) is 100 Å². The lowest BCUT2D eigenvalue weighted by Crippen LogP contribution is -2.39. The molecule has 2 aromatic rings. The van der Waals surface area contributed by atoms with E-state index in [0.717, 1.165) is 54.9 Å². The Hall–Kier alpha value is -3.31. The van der Waals surface area contributed by atoms with Crippen LogP contribution >= 0.6 is 0 Å². The first-order valence-corrected chi connectivity index (χ1v) is 14.9. The van der Waals surface area contributed by atoms with Crippen molar-refractivity contribution in [3.05, 3.63) is 36.7 Å². The van der Waals surface area contributed by atoms with Gasteiger partial charge in [0.05, 0.1) is 66.0 Å². The minimum atomic E-state index is 0.00661. The number of aromatic nitrogens is 2. The molecular formula is C30H53N9O2+2. The fourth-order valence-electron chi connectivity index (χ4n) is 4.37. The van der Waals surface area contributed by atoms with E-state index in [4.69, 9.17) is 0 Å². The molecule has 0 aliphatic heterocycles. The lowest BCUT2D eigenvalue weighted by molar-refractivity contribution is -0.870. The van der Waals surface area contributed by atoms with E-state index in [2.05, 4.69) is 77.8 Å². The number of hydrogen-bond acceptors (Lipinski definition) is 6. The van der Waals surface area contributed by atoms with Gasteiger partial charge in [0.15, 0.2) is 0 Å². The van der Waals surface area contributed by atoms with Gasteiger partial charge in [0.25, 0.3) is 0 Å². The SMILES string of the molecule is CCN(CC)c1ccc(N=Nc2n(CCC(=O)NCCCN(C)C)cc[n+]2CCC(=O)NCCC[N+](C)(C)C)cc1. The fraction of sp³-hybridized carbons (Fsp3) is 0.633. The number of carbonyl (C=O) groups excluding carboxylic acids is 2. The molecule has 1 heterocycles. The lowest BCUT2D eigenvalue weighted by atomic mass is 10.2. The average molecular weight is 572 g/mol. The van der Waals surface area contributed by atoms with Gasteiger partial charge in [0, 0.05) is 43.4 Å². The summed E-state index contributed by atoms with van der Waals surface area (Å²) in [6.45, 7) is 10.4. The Morgan fingerprint density at radius 2 is 1.56 bits per heavy atom. The number of anilines is 1. The van der Waals surface area contributed by atoms with Gasteiger partial charge in [-0.2, -0.15) is 0 Å². The Labute approximate surface area is 246 Å². The molecule has 41 heavy (non-hydrogen) atoms. The highest BCUT2D eigenvalue weighted by Crippen LogP contribution is 2.21. The van der Waals surface area contributed by atoms with E-state index < -0.39 is 0 Å². The minimum Gasteiger partial charge on any atom is -0.372 e. The molecule has 11 heteroatoms. The maximum Gasteiger partial charge on any atom is 0.421 e. The molecule has 0 aliphatic carbocycles. The zero-order chi connectivity index (χ0) is 30.3. The monoisotopic (exact) mass is 571 g/mol. The molecule has 228 valence electrons. The zero-order valence-electron chi connectivity index (χ0n) is 26.4. The van der Waals surface area contributed by atoms with Crippen LogP contribution in [0.2, 0.25) is 0 Å². The van der Waals surface area contributed by atoms with E-state index >= 15 is 0 Å². The number of amides is 2. The first kappa shape index (κ1) is 33.9. The second kappa shape index (κ2) is 17.5. The Morgan fingerprint density at radius 3 is 2.17 bits per heavy atom. The molecule has 0 atom stereocenters. The van der Waals surface area contributed by atoms with Crippen molar-refractivity contribution >= 4 is 29.1 Å². The first-order valence-electron chi connectivity index (χ1n) is 14.9. The van der Waals surface area contributed by atoms with Crippen LogP contribution in [0.25, 0.3) is 0 Å². The molecule has 0 spiro atoms. The molecule has 0 bridgehead atoms. The molecule has 2 N–H and O–H groups in total. The summed E-state index contributed by atoms with van der Waals surface area (Å²) >= 11 is 0. The van der Waals surface area contributed by atoms with Crippen LogP contribution in [0.4, 0.5) is 17.3 Å². The number of aryl methyl sites for hydroxylation is 2. The summed E-state index contributed by atoms with van der Waals surface area (Å²) in [5.41, 5.74) is 1.89. The van der Waals surface area contributed by atoms with Crippen LogP contribution in [0.15, 0.2) is 46.9 Å². The van der Waals surface area contributed by atoms with Crippen LogP contribution in [0.1, 0.15) is 39.5 Å². The van der Waals surface area contributed by atoms with Gasteiger partial charge in [-0.25, -0.2) is 9.13 Å². The van der Waals surface area contributed by atoms with Crippen LogP contribution in [0.3, 0.4) is 0 Å². The van der Waals surface area contributed by atoms with E-state index in [1.54, 1.807) is 0 Å². The highest BCUT2D eigenvalue weighted by Gasteiger charge is 2.19. The van der Waals surface area contributed by atoms with Crippen molar-refractivity contribution in [1.82, 2.24) is 20.1 Å². The maximum absolute atomic E-state index is 12.5. The van der Waals surface area contributed by atoms with Crippen LogP contribution in [0, 0.1) is 0 Å². The molecule has 0 saturated heterocycles. The molecule has 1 aromatic heterocycles. The second-order valence-corrected chi connectivity index (χ2v) is 11.6. The molecule has 1 aromatic carbocycles. The Balaban J connectivity index is 2.07. The van der Waals surface area contributed by atoms with Gasteiger partial charge in [-0.1, -0.05) is 5.11 Å². The van der Waals surface area contributed by atoms with E-state index in [-0.39, 0.29) is 11.8 Å². The normalized spacial score (nSPS) is 11.8. The van der Waals surface area contributed by atoms with E-state index in [1.165, 1.54) is 0 Å². The predicted molar refractivity (Wildman–Crippen MR) is 165 cm³/mol. The largest absolute Gasteiger partial charge is 0.421 e. The molecule has 0 fully saturated rings. The summed E-state index contributed by atoms with van der Waals surface area (Å²) in [5.74, 6) is 0.627. The van der Waals surface area contributed by atoms with Gasteiger partial charge in [-0.3, -0.25) is 9.59 Å². The molecule has 2 amide bonds. The summed E-state index contributed by atoms with van der Waals surface area (Å²) < 4.78 is 4.72. The average Bonchev–Trinajstić information content (AvgIpc) is 3.32. The van der Waals surface area contributed by atoms with Crippen LogP contribution < -0.4 is 20.1 Å². The van der Waals surface area contributed by atoms with Gasteiger partial charge in [-0.15, -0.1) is 0 Å². The number of imidazole rings is 1. The first-order chi connectivity index (χ1) is 19.5. The Bertz CT molecular complexity index is 1080. The third kappa shape index (κ3) is 13.3. The van der Waals surface area contributed by atoms with Crippen molar-refractivity contribution in [3.8, 4) is 0 Å². The summed E-state index contributed by atoms with van der Waals surface area (Å²) in [6, 6.07) is 8.02. The van der Waals surface area contributed by atoms with Crippen molar-refractivity contribution < 1.29 is 18.6 Å². The van der Waals surface area contributed by atoms with Gasteiger partial charge in [0.1, 0.15) is 5.69 Å². The number of carbonyl (C=O) groups is 2. The van der Waals surface area contributed by atoms with Crippen molar-refractivity contribution in [3.63, 3.8) is 0 Å². The molecule has 0 aliphatic rings. The summed E-state index contributed by atoms with van der Waals surface area (Å²) in [7, 11) is 10.5. The third-order valence-electron chi connectivity index (χ3n) is 6.77. The third-order valence-corrected chi connectivity index (χ3v) is 6.77. The Kier molecular flexibility index (Phi) is 14.5. The zero-order valence-corrected chi connectivity index (χ0v) is 26.4. The van der Waals surface area contributed by atoms with E-state index in [0.29, 0.717) is 45.0 Å². The van der Waals surface area contributed by atoms with Gasteiger partial charge in [-0.05, 0) is 65.2 Å². The maximum atomic E-state index is 12.5. The molecular weight excluding hydrogens is 518 g/mol. The molecule has 0 unspecified atom stereocenters. The number of azo groups is 1. The summed E-state index contributed by atoms with van der Waals surface area (Å²) in [4.78, 5) is 29.3. The number of quaternary nitrogens is 1. The van der Waals surface area contributed by atoms with Gasteiger partial charge >= 0.3 is 5.95 Å². The molecule has 0 radical (unpaired) electrons. The van der Waals surface area contributed by atoms with Gasteiger partial charge < -0.3 is 24.9 Å². The highest BCUT2D eigenvalue weighted by molar-refractivity contribution is 5.76. The molecule has 2 rings (SSSR count). The minimum absolute atomic E-state index is 0.00661. The fourth-order valence-corrected chi connectivity index (χ4v) is 4.37. The summed E-state index contributed by atoms with van der Waals surface area (Å²) in [5, 5.41) is 15.1. The number of hydrogen-bond donors (Lipinski definition) is 2. The van der Waals surface area contributed by atoms with Crippen molar-refractivity contribution in [2.24, 2.45) is 10.2 Å². The number of nitrogens with one attached hydrogen (secondary N) is 2. The second-order valence-electron chi connectivity index (χ2n) is 11.6. The van der Waals surface area contributed by atoms with Crippen molar-refractivity contribution in [2.45, 2.75) is 52.6 Å². The van der Waals surface area contributed by atoms with E-state index in [9.17, 15) is 9.59 Å². The quantitative estimate of drug-likeness (QED) is 0.117. The van der Waals surface area contributed by atoms with Crippen LogP contribution in [0.5, 0.6) is 0 Å². The molecule has 11 nitrogen and oxygen atoms in total. The van der Waals surface area contributed by atoms with Gasteiger partial charge in [0.2, 0.25) is 11.8 Å². The standard InChI is InChI=1S/C30H51N9O2/c1-8-36(9-2)27-14-12-26(13-15-27)33-34-30-37(21-16-28(40)31-18-10-20-35(3)4)23-24-38(30)22-17-29(41)32-19-11-25-39(5,6)7/h12-15,23-24H,8-11,16-22,25H2,1-7H3/p+2. The van der Waals surface area contributed by atoms with Crippen molar-refractivity contribution in [2.75, 3.05) is 79.4 Å². The number of benzene rings is 1. The topological polar surface area (TPSA) is 98.2 Å². The van der Waals surface area contributed by atoms with Crippen LogP contribution in [-0.2, 0) is 22.7 Å². The Morgan fingerprint density at radius 1 is 0.927 bits per heavy atom. The lowest BCUT2D eigenvalue weighted by Gasteiger charge is -2.23. The van der Waals surface area contributed by atoms with Crippen molar-refractivity contribution in [1.29, 1.82) is 0 Å².